The summed E-state index contributed by atoms with van der Waals surface area (Å²) in [5.41, 5.74) is 0. The maximum atomic E-state index is 8.95. The second-order valence-corrected chi connectivity index (χ2v) is 3.00. The minimum Gasteiger partial charge on any atom is -0.897 e. The molecule has 0 radical (unpaired) electrons. The average molecular weight is 200 g/mol. The van der Waals surface area contributed by atoms with Crippen molar-refractivity contribution in [1.29, 1.82) is 0 Å². The fraction of sp³-hybridized carbons (Fsp3) is 0. The molecule has 0 spiro atoms. The molecule has 0 unspecified atom stereocenters. The molecule has 9 heteroatoms. The SMILES string of the molecule is [Na+].[Na+].[Na+].[Na+].[O-][Si]([O-])([O-])[S-]. The van der Waals surface area contributed by atoms with E-state index in [2.05, 4.69) is 12.1 Å². The Morgan fingerprint density at radius 1 is 0.778 bits per heavy atom. The minimum absolute atomic E-state index is 0. The first-order chi connectivity index (χ1) is 2.00. The van der Waals surface area contributed by atoms with Crippen LogP contribution in [-0.2, 0) is 12.1 Å². The zero-order chi connectivity index (χ0) is 4.50. The summed E-state index contributed by atoms with van der Waals surface area (Å²) in [6.07, 6.45) is 0. The maximum absolute atomic E-state index is 8.95. The van der Waals surface area contributed by atoms with Crippen LogP contribution < -0.4 is 133 Å². The Morgan fingerprint density at radius 3 is 0.778 bits per heavy atom. The van der Waals surface area contributed by atoms with Gasteiger partial charge in [-0.3, -0.25) is 0 Å². The van der Waals surface area contributed by atoms with Gasteiger partial charge in [0.05, 0.1) is 0 Å². The molecule has 0 aromatic carbocycles. The molecule has 0 aliphatic heterocycles. The van der Waals surface area contributed by atoms with Crippen LogP contribution in [0.1, 0.15) is 0 Å². The molecule has 0 aromatic heterocycles. The summed E-state index contributed by atoms with van der Waals surface area (Å²) in [7, 11) is -4.78. The Bertz CT molecular complexity index is 31.3. The monoisotopic (exact) mass is 200 g/mol. The molecule has 0 rings (SSSR count). The first-order valence-electron chi connectivity index (χ1n) is 0.816. The summed E-state index contributed by atoms with van der Waals surface area (Å²) in [5.74, 6) is 0. The smallest absolute Gasteiger partial charge is 0.897 e. The molecule has 0 saturated heterocycles. The van der Waals surface area contributed by atoms with Crippen LogP contribution in [0.4, 0.5) is 0 Å². The first kappa shape index (κ1) is 29.2. The Balaban J connectivity index is -0.0000000133. The van der Waals surface area contributed by atoms with Gasteiger partial charge in [0.2, 0.25) is 0 Å². The predicted octanol–water partition coefficient (Wildman–Crippen LogP) is -15.9. The van der Waals surface area contributed by atoms with Gasteiger partial charge < -0.3 is 34.4 Å². The zero-order valence-electron chi connectivity index (χ0n) is 6.13. The Hall–Kier alpha value is 4.45. The number of hydrogen-bond donors (Lipinski definition) is 0. The van der Waals surface area contributed by atoms with E-state index in [-0.39, 0.29) is 118 Å². The van der Waals surface area contributed by atoms with Gasteiger partial charge in [0.1, 0.15) is 0 Å². The summed E-state index contributed by atoms with van der Waals surface area (Å²) in [6, 6.07) is 0. The standard InChI is InChI=1S/4Na.O3SSi/c;;;;1-5(2,3)4/q4*+1;-4. The van der Waals surface area contributed by atoms with Crippen LogP contribution in [0.3, 0.4) is 0 Å². The molecule has 0 aliphatic carbocycles. The van der Waals surface area contributed by atoms with Crippen molar-refractivity contribution in [2.24, 2.45) is 0 Å². The molecule has 0 aliphatic rings. The summed E-state index contributed by atoms with van der Waals surface area (Å²) in [6.45, 7) is 0. The van der Waals surface area contributed by atoms with Gasteiger partial charge in [0.25, 0.3) is 0 Å². The number of rotatable bonds is 0. The van der Waals surface area contributed by atoms with Crippen molar-refractivity contribution in [3.8, 4) is 0 Å². The van der Waals surface area contributed by atoms with Gasteiger partial charge in [-0.05, 0) is 0 Å². The van der Waals surface area contributed by atoms with Crippen molar-refractivity contribution in [3.63, 3.8) is 0 Å². The topological polar surface area (TPSA) is 69.2 Å². The fourth-order valence-electron chi connectivity index (χ4n) is 0. The molecule has 0 amide bonds. The molecule has 0 N–H and O–H groups in total. The van der Waals surface area contributed by atoms with E-state index < -0.39 is 7.95 Å². The van der Waals surface area contributed by atoms with Crippen molar-refractivity contribution in [1.82, 2.24) is 0 Å². The van der Waals surface area contributed by atoms with E-state index >= 15 is 0 Å². The molecule has 9 heavy (non-hydrogen) atoms. The largest absolute Gasteiger partial charge is 1.00 e. The molecule has 0 bridgehead atoms. The van der Waals surface area contributed by atoms with E-state index in [0.29, 0.717) is 0 Å². The molecular formula is Na4O3SSi. The van der Waals surface area contributed by atoms with E-state index in [1.165, 1.54) is 0 Å². The second-order valence-electron chi connectivity index (χ2n) is 0.500. The minimum atomic E-state index is -4.78. The van der Waals surface area contributed by atoms with E-state index in [4.69, 9.17) is 14.4 Å². The molecule has 32 valence electrons. The fourth-order valence-corrected chi connectivity index (χ4v) is 0. The van der Waals surface area contributed by atoms with Gasteiger partial charge in [0.15, 0.2) is 0 Å². The van der Waals surface area contributed by atoms with Gasteiger partial charge in [-0.2, -0.15) is 0 Å². The average Bonchev–Trinajstić information content (AvgIpc) is 0.722. The van der Waals surface area contributed by atoms with Crippen LogP contribution in [-0.4, -0.2) is 7.95 Å². The quantitative estimate of drug-likeness (QED) is 0.287. The summed E-state index contributed by atoms with van der Waals surface area (Å²) < 4.78 is 0. The van der Waals surface area contributed by atoms with Crippen LogP contribution in [0.25, 0.3) is 0 Å². The van der Waals surface area contributed by atoms with Gasteiger partial charge in [-0.1, -0.05) is 0 Å². The zero-order valence-corrected chi connectivity index (χ0v) is 15.9. The van der Waals surface area contributed by atoms with Gasteiger partial charge >= 0.3 is 118 Å². The second kappa shape index (κ2) is 14.9. The van der Waals surface area contributed by atoms with E-state index in [1.807, 2.05) is 0 Å². The van der Waals surface area contributed by atoms with Crippen molar-refractivity contribution >= 4 is 20.0 Å². The molecule has 3 nitrogen and oxygen atoms in total. The van der Waals surface area contributed by atoms with Crippen molar-refractivity contribution < 1.29 is 133 Å². The third-order valence-electron chi connectivity index (χ3n) is 0. The van der Waals surface area contributed by atoms with Crippen molar-refractivity contribution in [2.75, 3.05) is 0 Å². The van der Waals surface area contributed by atoms with Crippen LogP contribution in [0.15, 0.2) is 0 Å². The van der Waals surface area contributed by atoms with E-state index in [9.17, 15) is 0 Å². The van der Waals surface area contributed by atoms with Gasteiger partial charge in [-0.25, -0.2) is 0 Å². The molecule has 0 saturated carbocycles. The van der Waals surface area contributed by atoms with Crippen LogP contribution in [0.5, 0.6) is 0 Å². The third-order valence-corrected chi connectivity index (χ3v) is 0. The molecular weight excluding hydrogens is 200 g/mol. The third kappa shape index (κ3) is 68.7. The summed E-state index contributed by atoms with van der Waals surface area (Å²) >= 11 is 3.30. The van der Waals surface area contributed by atoms with E-state index in [0.717, 1.165) is 0 Å². The van der Waals surface area contributed by atoms with Crippen LogP contribution in [0, 0.1) is 0 Å². The van der Waals surface area contributed by atoms with Crippen molar-refractivity contribution in [3.05, 3.63) is 0 Å². The van der Waals surface area contributed by atoms with Crippen LogP contribution in [0.2, 0.25) is 0 Å². The molecule has 0 aromatic rings. The van der Waals surface area contributed by atoms with Gasteiger partial charge in [-0.15, -0.1) is 0 Å². The Morgan fingerprint density at radius 2 is 0.778 bits per heavy atom. The molecule has 0 atom stereocenters. The Kier molecular flexibility index (Phi) is 48.5. The normalized spacial score (nSPS) is 6.67. The predicted molar refractivity (Wildman–Crippen MR) is 13.1 cm³/mol. The molecule has 0 heterocycles. The Labute approximate surface area is 149 Å². The van der Waals surface area contributed by atoms with E-state index in [1.54, 1.807) is 0 Å². The number of hydrogen-bond acceptors (Lipinski definition) is 4. The molecule has 0 fully saturated rings. The van der Waals surface area contributed by atoms with Gasteiger partial charge in [0, 0.05) is 0 Å². The maximum Gasteiger partial charge on any atom is 1.00 e. The van der Waals surface area contributed by atoms with Crippen molar-refractivity contribution in [2.45, 2.75) is 0 Å². The summed E-state index contributed by atoms with van der Waals surface area (Å²) in [4.78, 5) is 26.8. The van der Waals surface area contributed by atoms with Crippen LogP contribution >= 0.6 is 0 Å². The summed E-state index contributed by atoms with van der Waals surface area (Å²) in [5, 5.41) is 0. The first-order valence-corrected chi connectivity index (χ1v) is 3.67.